The molecule has 0 unspecified atom stereocenters. The number of halogens is 2. The van der Waals surface area contributed by atoms with Gasteiger partial charge in [0.05, 0.1) is 11.1 Å². The Morgan fingerprint density at radius 1 is 1.18 bits per heavy atom. The van der Waals surface area contributed by atoms with Crippen LogP contribution >= 0.6 is 15.9 Å². The van der Waals surface area contributed by atoms with Gasteiger partial charge in [0, 0.05) is 27.3 Å². The van der Waals surface area contributed by atoms with E-state index in [4.69, 9.17) is 0 Å². The summed E-state index contributed by atoms with van der Waals surface area (Å²) in [7, 11) is 0. The van der Waals surface area contributed by atoms with E-state index >= 15 is 0 Å². The lowest BCUT2D eigenvalue weighted by Gasteiger charge is -2.09. The highest BCUT2D eigenvalue weighted by atomic mass is 79.9. The number of amides is 1. The van der Waals surface area contributed by atoms with E-state index in [0.29, 0.717) is 27.8 Å². The lowest BCUT2D eigenvalue weighted by molar-refractivity contribution is 0.102. The molecule has 1 heterocycles. The Morgan fingerprint density at radius 3 is 2.77 bits per heavy atom. The minimum atomic E-state index is -0.371. The standard InChI is InChI=1S/C17H12BrFN2O/c1-10-7-15(14-6-5-12(19)9-16(14)20-10)17(22)21-13-4-2-3-11(18)8-13/h2-9H,1H3,(H,21,22). The van der Waals surface area contributed by atoms with Crippen LogP contribution in [0.4, 0.5) is 10.1 Å². The number of aromatic nitrogens is 1. The van der Waals surface area contributed by atoms with Crippen LogP contribution < -0.4 is 5.32 Å². The first-order valence-corrected chi connectivity index (χ1v) is 7.46. The minimum absolute atomic E-state index is 0.250. The second-order valence-corrected chi connectivity index (χ2v) is 5.85. The summed E-state index contributed by atoms with van der Waals surface area (Å²) in [5.74, 6) is -0.621. The van der Waals surface area contributed by atoms with Crippen molar-refractivity contribution in [3.05, 3.63) is 70.1 Å². The number of carbonyl (C=O) groups excluding carboxylic acids is 1. The quantitative estimate of drug-likeness (QED) is 0.721. The van der Waals surface area contributed by atoms with E-state index in [2.05, 4.69) is 26.2 Å². The van der Waals surface area contributed by atoms with Crippen molar-refractivity contribution in [1.29, 1.82) is 0 Å². The molecule has 0 atom stereocenters. The molecule has 0 fully saturated rings. The smallest absolute Gasteiger partial charge is 0.256 e. The van der Waals surface area contributed by atoms with E-state index in [1.807, 2.05) is 18.2 Å². The number of pyridine rings is 1. The van der Waals surface area contributed by atoms with Gasteiger partial charge in [-0.1, -0.05) is 22.0 Å². The van der Waals surface area contributed by atoms with Gasteiger partial charge in [-0.05, 0) is 43.3 Å². The zero-order valence-electron chi connectivity index (χ0n) is 11.7. The summed E-state index contributed by atoms with van der Waals surface area (Å²) in [5, 5.41) is 3.47. The number of nitrogens with one attached hydrogen (secondary N) is 1. The van der Waals surface area contributed by atoms with Gasteiger partial charge in [0.1, 0.15) is 5.82 Å². The van der Waals surface area contributed by atoms with Crippen molar-refractivity contribution >= 4 is 38.4 Å². The number of hydrogen-bond donors (Lipinski definition) is 1. The van der Waals surface area contributed by atoms with Crippen molar-refractivity contribution in [2.75, 3.05) is 5.32 Å². The maximum absolute atomic E-state index is 13.3. The molecule has 5 heteroatoms. The normalized spacial score (nSPS) is 10.7. The molecule has 0 aliphatic heterocycles. The largest absolute Gasteiger partial charge is 0.322 e. The van der Waals surface area contributed by atoms with E-state index in [1.165, 1.54) is 12.1 Å². The van der Waals surface area contributed by atoms with Crippen LogP contribution in [0.3, 0.4) is 0 Å². The molecule has 0 saturated heterocycles. The van der Waals surface area contributed by atoms with Crippen molar-refractivity contribution < 1.29 is 9.18 Å². The maximum atomic E-state index is 13.3. The van der Waals surface area contributed by atoms with Crippen molar-refractivity contribution in [2.24, 2.45) is 0 Å². The number of hydrogen-bond acceptors (Lipinski definition) is 2. The second-order valence-electron chi connectivity index (χ2n) is 4.94. The number of anilines is 1. The molecule has 0 saturated carbocycles. The highest BCUT2D eigenvalue weighted by Crippen LogP contribution is 2.22. The molecule has 0 radical (unpaired) electrons. The molecule has 0 aliphatic carbocycles. The molecule has 1 amide bonds. The van der Waals surface area contributed by atoms with Gasteiger partial charge in [-0.2, -0.15) is 0 Å². The van der Waals surface area contributed by atoms with Gasteiger partial charge < -0.3 is 5.32 Å². The van der Waals surface area contributed by atoms with Crippen LogP contribution in [0.15, 0.2) is 53.0 Å². The minimum Gasteiger partial charge on any atom is -0.322 e. The fraction of sp³-hybridized carbons (Fsp3) is 0.0588. The van der Waals surface area contributed by atoms with Gasteiger partial charge in [-0.3, -0.25) is 9.78 Å². The number of benzene rings is 2. The monoisotopic (exact) mass is 358 g/mol. The topological polar surface area (TPSA) is 42.0 Å². The molecule has 110 valence electrons. The van der Waals surface area contributed by atoms with E-state index in [9.17, 15) is 9.18 Å². The Hall–Kier alpha value is -2.27. The first kappa shape index (κ1) is 14.7. The fourth-order valence-corrected chi connectivity index (χ4v) is 2.69. The number of nitrogens with zero attached hydrogens (tertiary/aromatic N) is 1. The highest BCUT2D eigenvalue weighted by Gasteiger charge is 2.13. The van der Waals surface area contributed by atoms with Gasteiger partial charge in [-0.25, -0.2) is 4.39 Å². The Labute approximate surface area is 135 Å². The van der Waals surface area contributed by atoms with Gasteiger partial charge in [0.2, 0.25) is 0 Å². The lowest BCUT2D eigenvalue weighted by Crippen LogP contribution is -2.13. The fourth-order valence-electron chi connectivity index (χ4n) is 2.29. The SMILES string of the molecule is Cc1cc(C(=O)Nc2cccc(Br)c2)c2ccc(F)cc2n1. The Balaban J connectivity index is 2.03. The van der Waals surface area contributed by atoms with Crippen molar-refractivity contribution in [2.45, 2.75) is 6.92 Å². The molecule has 0 spiro atoms. The Kier molecular flexibility index (Phi) is 3.90. The van der Waals surface area contributed by atoms with Gasteiger partial charge in [0.15, 0.2) is 0 Å². The van der Waals surface area contributed by atoms with Crippen molar-refractivity contribution in [1.82, 2.24) is 4.98 Å². The second kappa shape index (κ2) is 5.85. The molecule has 3 aromatic rings. The van der Waals surface area contributed by atoms with Crippen LogP contribution in [0.25, 0.3) is 10.9 Å². The third kappa shape index (κ3) is 2.99. The molecule has 1 N–H and O–H groups in total. The molecule has 3 nitrogen and oxygen atoms in total. The molecule has 1 aromatic heterocycles. The zero-order valence-corrected chi connectivity index (χ0v) is 13.3. The van der Waals surface area contributed by atoms with E-state index in [1.54, 1.807) is 25.1 Å². The number of carbonyl (C=O) groups is 1. The van der Waals surface area contributed by atoms with E-state index < -0.39 is 0 Å². The Morgan fingerprint density at radius 2 is 2.00 bits per heavy atom. The van der Waals surface area contributed by atoms with Crippen LogP contribution in [0.5, 0.6) is 0 Å². The van der Waals surface area contributed by atoms with Crippen LogP contribution in [0, 0.1) is 12.7 Å². The molecule has 0 bridgehead atoms. The summed E-state index contributed by atoms with van der Waals surface area (Å²) in [6.07, 6.45) is 0. The number of aryl methyl sites for hydroxylation is 1. The molecule has 2 aromatic carbocycles. The lowest BCUT2D eigenvalue weighted by atomic mass is 10.1. The van der Waals surface area contributed by atoms with Crippen LogP contribution in [-0.2, 0) is 0 Å². The van der Waals surface area contributed by atoms with Gasteiger partial charge in [-0.15, -0.1) is 0 Å². The van der Waals surface area contributed by atoms with Crippen molar-refractivity contribution in [3.63, 3.8) is 0 Å². The molecule has 0 aliphatic rings. The highest BCUT2D eigenvalue weighted by molar-refractivity contribution is 9.10. The zero-order chi connectivity index (χ0) is 15.7. The van der Waals surface area contributed by atoms with Gasteiger partial charge >= 0.3 is 0 Å². The maximum Gasteiger partial charge on any atom is 0.256 e. The predicted molar refractivity (Wildman–Crippen MR) is 88.5 cm³/mol. The molecular weight excluding hydrogens is 347 g/mol. The van der Waals surface area contributed by atoms with Gasteiger partial charge in [0.25, 0.3) is 5.91 Å². The van der Waals surface area contributed by atoms with Crippen LogP contribution in [0.1, 0.15) is 16.1 Å². The average molecular weight is 359 g/mol. The summed E-state index contributed by atoms with van der Waals surface area (Å²) in [6.45, 7) is 1.78. The molecule has 22 heavy (non-hydrogen) atoms. The Bertz CT molecular complexity index is 874. The molecular formula is C17H12BrFN2O. The first-order chi connectivity index (χ1) is 10.5. The number of rotatable bonds is 2. The van der Waals surface area contributed by atoms with E-state index in [0.717, 1.165) is 4.47 Å². The summed E-state index contributed by atoms with van der Waals surface area (Å²) >= 11 is 3.36. The summed E-state index contributed by atoms with van der Waals surface area (Å²) in [6, 6.07) is 13.3. The van der Waals surface area contributed by atoms with Crippen molar-refractivity contribution in [3.8, 4) is 0 Å². The predicted octanol–water partition coefficient (Wildman–Crippen LogP) is 4.70. The molecule has 3 rings (SSSR count). The summed E-state index contributed by atoms with van der Waals surface area (Å²) in [4.78, 5) is 16.8. The summed E-state index contributed by atoms with van der Waals surface area (Å²) < 4.78 is 14.2. The third-order valence-corrected chi connectivity index (χ3v) is 3.72. The van der Waals surface area contributed by atoms with Crippen LogP contribution in [-0.4, -0.2) is 10.9 Å². The average Bonchev–Trinajstić information content (AvgIpc) is 2.45. The first-order valence-electron chi connectivity index (χ1n) is 6.67. The van der Waals surface area contributed by atoms with E-state index in [-0.39, 0.29) is 11.7 Å². The summed E-state index contributed by atoms with van der Waals surface area (Å²) in [5.41, 5.74) is 2.29. The number of fused-ring (bicyclic) bond motifs is 1. The van der Waals surface area contributed by atoms with Crippen LogP contribution in [0.2, 0.25) is 0 Å². The third-order valence-electron chi connectivity index (χ3n) is 3.23.